The summed E-state index contributed by atoms with van der Waals surface area (Å²) in [6.45, 7) is 6.10. The van der Waals surface area contributed by atoms with Crippen molar-refractivity contribution in [2.24, 2.45) is 0 Å². The molecule has 0 N–H and O–H groups in total. The molecule has 0 aliphatic carbocycles. The Kier molecular flexibility index (Phi) is 12.2. The number of ether oxygens (including phenoxy) is 1. The smallest absolute Gasteiger partial charge is 0.264 e. The molecular weight excluding hydrogens is 288 g/mol. The Balaban J connectivity index is 0.000000400. The highest BCUT2D eigenvalue weighted by molar-refractivity contribution is 7.85. The molecule has 1 aromatic carbocycles. The van der Waals surface area contributed by atoms with E-state index in [1.807, 2.05) is 25.1 Å². The first kappa shape index (κ1) is 20.1. The van der Waals surface area contributed by atoms with Gasteiger partial charge < -0.3 is 4.74 Å². The van der Waals surface area contributed by atoms with Gasteiger partial charge in [0.15, 0.2) is 0 Å². The molecule has 0 saturated carbocycles. The molecule has 0 bridgehead atoms. The Bertz CT molecular complexity index is 429. The first-order valence-corrected chi connectivity index (χ1v) is 9.27. The zero-order chi connectivity index (χ0) is 16.0. The SMILES string of the molecule is CCCCOCc1ccccc1.CCCCOS(C)(=O)=O. The van der Waals surface area contributed by atoms with Crippen molar-refractivity contribution in [3.8, 4) is 0 Å². The Morgan fingerprint density at radius 2 is 1.52 bits per heavy atom. The van der Waals surface area contributed by atoms with E-state index in [0.717, 1.165) is 38.7 Å². The minimum atomic E-state index is -3.20. The molecule has 0 amide bonds. The second kappa shape index (κ2) is 12.8. The van der Waals surface area contributed by atoms with Crippen LogP contribution in [0.2, 0.25) is 0 Å². The Morgan fingerprint density at radius 1 is 0.952 bits per heavy atom. The van der Waals surface area contributed by atoms with Crippen LogP contribution in [0.15, 0.2) is 30.3 Å². The van der Waals surface area contributed by atoms with E-state index in [0.29, 0.717) is 6.61 Å². The van der Waals surface area contributed by atoms with Crippen LogP contribution >= 0.6 is 0 Å². The van der Waals surface area contributed by atoms with Crippen molar-refractivity contribution < 1.29 is 17.3 Å². The highest BCUT2D eigenvalue weighted by atomic mass is 32.2. The number of unbranched alkanes of at least 4 members (excludes halogenated alkanes) is 2. The number of hydrogen-bond donors (Lipinski definition) is 0. The lowest BCUT2D eigenvalue weighted by atomic mass is 10.2. The maximum Gasteiger partial charge on any atom is 0.264 e. The third-order valence-corrected chi connectivity index (χ3v) is 3.14. The Hall–Kier alpha value is -0.910. The molecule has 0 aromatic heterocycles. The van der Waals surface area contributed by atoms with Gasteiger partial charge in [-0.3, -0.25) is 4.18 Å². The molecule has 1 rings (SSSR count). The molecule has 0 saturated heterocycles. The average Bonchev–Trinajstić information content (AvgIpc) is 2.45. The van der Waals surface area contributed by atoms with Gasteiger partial charge in [0.1, 0.15) is 0 Å². The minimum absolute atomic E-state index is 0.315. The predicted octanol–water partition coefficient (Wildman–Crippen LogP) is 3.77. The highest BCUT2D eigenvalue weighted by Gasteiger charge is 1.98. The highest BCUT2D eigenvalue weighted by Crippen LogP contribution is 2.01. The first-order valence-electron chi connectivity index (χ1n) is 7.45. The molecule has 0 aliphatic rings. The summed E-state index contributed by atoms with van der Waals surface area (Å²) >= 11 is 0. The Morgan fingerprint density at radius 3 is 2.05 bits per heavy atom. The molecule has 0 heterocycles. The summed E-state index contributed by atoms with van der Waals surface area (Å²) < 4.78 is 30.5. The topological polar surface area (TPSA) is 52.6 Å². The van der Waals surface area contributed by atoms with Gasteiger partial charge in [0.25, 0.3) is 10.1 Å². The third-order valence-electron chi connectivity index (χ3n) is 2.55. The van der Waals surface area contributed by atoms with E-state index in [9.17, 15) is 8.42 Å². The van der Waals surface area contributed by atoms with Crippen LogP contribution in [-0.4, -0.2) is 27.9 Å². The lowest BCUT2D eigenvalue weighted by Crippen LogP contribution is -2.03. The van der Waals surface area contributed by atoms with Crippen LogP contribution in [0.1, 0.15) is 45.1 Å². The number of benzene rings is 1. The van der Waals surface area contributed by atoms with E-state index < -0.39 is 10.1 Å². The van der Waals surface area contributed by atoms with Gasteiger partial charge in [-0.15, -0.1) is 0 Å². The van der Waals surface area contributed by atoms with Crippen LogP contribution < -0.4 is 0 Å². The standard InChI is InChI=1S/C11H16O.C5H12O3S/c1-2-3-9-12-10-11-7-5-4-6-8-11;1-3-4-5-8-9(2,6)7/h4-8H,2-3,9-10H2,1H3;3-5H2,1-2H3. The quantitative estimate of drug-likeness (QED) is 0.514. The molecule has 0 fully saturated rings. The molecule has 0 spiro atoms. The fraction of sp³-hybridized carbons (Fsp3) is 0.625. The van der Waals surface area contributed by atoms with E-state index in [1.54, 1.807) is 0 Å². The van der Waals surface area contributed by atoms with Crippen molar-refractivity contribution in [2.45, 2.75) is 46.1 Å². The molecule has 0 aliphatic heterocycles. The Labute approximate surface area is 129 Å². The molecule has 1 aromatic rings. The van der Waals surface area contributed by atoms with Crippen molar-refractivity contribution in [2.75, 3.05) is 19.5 Å². The monoisotopic (exact) mass is 316 g/mol. The molecule has 4 nitrogen and oxygen atoms in total. The second-order valence-corrected chi connectivity index (χ2v) is 6.42. The first-order chi connectivity index (χ1) is 9.99. The van der Waals surface area contributed by atoms with Crippen LogP contribution in [0.3, 0.4) is 0 Å². The largest absolute Gasteiger partial charge is 0.377 e. The van der Waals surface area contributed by atoms with Crippen LogP contribution in [0.5, 0.6) is 0 Å². The van der Waals surface area contributed by atoms with Crippen LogP contribution in [0.25, 0.3) is 0 Å². The lowest BCUT2D eigenvalue weighted by molar-refractivity contribution is 0.118. The molecular formula is C16H28O4S. The molecule has 5 heteroatoms. The average molecular weight is 316 g/mol. The predicted molar refractivity (Wildman–Crippen MR) is 86.7 cm³/mol. The van der Waals surface area contributed by atoms with Crippen molar-refractivity contribution in [3.63, 3.8) is 0 Å². The summed E-state index contributed by atoms with van der Waals surface area (Å²) in [5.74, 6) is 0. The fourth-order valence-corrected chi connectivity index (χ4v) is 1.79. The fourth-order valence-electron chi connectivity index (χ4n) is 1.37. The van der Waals surface area contributed by atoms with Crippen molar-refractivity contribution in [1.82, 2.24) is 0 Å². The number of rotatable bonds is 9. The van der Waals surface area contributed by atoms with E-state index in [1.165, 1.54) is 12.0 Å². The molecule has 0 radical (unpaired) electrons. The molecule has 21 heavy (non-hydrogen) atoms. The van der Waals surface area contributed by atoms with Gasteiger partial charge in [0, 0.05) is 6.61 Å². The van der Waals surface area contributed by atoms with Crippen LogP contribution in [0, 0.1) is 0 Å². The van der Waals surface area contributed by atoms with Gasteiger partial charge in [0.2, 0.25) is 0 Å². The minimum Gasteiger partial charge on any atom is -0.377 e. The van der Waals surface area contributed by atoms with Crippen LogP contribution in [0.4, 0.5) is 0 Å². The molecule has 122 valence electrons. The summed E-state index contributed by atoms with van der Waals surface area (Å²) in [6.07, 6.45) is 5.17. The third kappa shape index (κ3) is 15.3. The summed E-state index contributed by atoms with van der Waals surface area (Å²) in [4.78, 5) is 0. The maximum absolute atomic E-state index is 10.3. The summed E-state index contributed by atoms with van der Waals surface area (Å²) in [5.41, 5.74) is 1.26. The van der Waals surface area contributed by atoms with Crippen molar-refractivity contribution in [1.29, 1.82) is 0 Å². The van der Waals surface area contributed by atoms with Gasteiger partial charge >= 0.3 is 0 Å². The lowest BCUT2D eigenvalue weighted by Gasteiger charge is -2.02. The van der Waals surface area contributed by atoms with Gasteiger partial charge in [-0.2, -0.15) is 8.42 Å². The van der Waals surface area contributed by atoms with Gasteiger partial charge in [-0.25, -0.2) is 0 Å². The van der Waals surface area contributed by atoms with Gasteiger partial charge in [-0.05, 0) is 18.4 Å². The van der Waals surface area contributed by atoms with E-state index in [2.05, 4.69) is 23.2 Å². The van der Waals surface area contributed by atoms with E-state index in [-0.39, 0.29) is 0 Å². The summed E-state index contributed by atoms with van der Waals surface area (Å²) in [5, 5.41) is 0. The maximum atomic E-state index is 10.3. The van der Waals surface area contributed by atoms with E-state index >= 15 is 0 Å². The van der Waals surface area contributed by atoms with Crippen molar-refractivity contribution in [3.05, 3.63) is 35.9 Å². The van der Waals surface area contributed by atoms with Crippen molar-refractivity contribution >= 4 is 10.1 Å². The van der Waals surface area contributed by atoms with Gasteiger partial charge in [-0.1, -0.05) is 57.0 Å². The van der Waals surface area contributed by atoms with Crippen LogP contribution in [-0.2, 0) is 25.6 Å². The summed E-state index contributed by atoms with van der Waals surface area (Å²) in [6, 6.07) is 10.3. The molecule has 0 unspecified atom stereocenters. The van der Waals surface area contributed by atoms with E-state index in [4.69, 9.17) is 4.74 Å². The normalized spacial score (nSPS) is 10.8. The van der Waals surface area contributed by atoms with Gasteiger partial charge in [0.05, 0.1) is 19.5 Å². The zero-order valence-electron chi connectivity index (χ0n) is 13.4. The summed E-state index contributed by atoms with van der Waals surface area (Å²) in [7, 11) is -3.20. The number of hydrogen-bond acceptors (Lipinski definition) is 4. The second-order valence-electron chi connectivity index (χ2n) is 4.77. The molecule has 0 atom stereocenters. The zero-order valence-corrected chi connectivity index (χ0v) is 14.2.